The molecule has 0 aliphatic carbocycles. The lowest BCUT2D eigenvalue weighted by atomic mass is 9.96. The van der Waals surface area contributed by atoms with E-state index in [0.717, 1.165) is 50.2 Å². The first-order chi connectivity index (χ1) is 12.3. The maximum Gasteiger partial charge on any atom is 0.433 e. The van der Waals surface area contributed by atoms with Crippen molar-refractivity contribution in [1.82, 2.24) is 24.4 Å². The Balaban J connectivity index is 1.56. The first-order valence-corrected chi connectivity index (χ1v) is 8.45. The van der Waals surface area contributed by atoms with Crippen LogP contribution in [-0.4, -0.2) is 37.5 Å². The van der Waals surface area contributed by atoms with E-state index in [1.807, 2.05) is 6.92 Å². The van der Waals surface area contributed by atoms with E-state index >= 15 is 0 Å². The average molecular weight is 367 g/mol. The fourth-order valence-corrected chi connectivity index (χ4v) is 3.13. The zero-order chi connectivity index (χ0) is 18.7. The van der Waals surface area contributed by atoms with E-state index in [0.29, 0.717) is 12.6 Å². The SMILES string of the molecule is Cc1nccnc1CN1CCC(Cn2cnc(C(F)(F)F)cc2=O)CC1. The van der Waals surface area contributed by atoms with E-state index < -0.39 is 17.4 Å². The number of aromatic nitrogens is 4. The van der Waals surface area contributed by atoms with Gasteiger partial charge in [0.05, 0.1) is 17.7 Å². The van der Waals surface area contributed by atoms with Crippen molar-refractivity contribution in [2.24, 2.45) is 5.92 Å². The van der Waals surface area contributed by atoms with Gasteiger partial charge in [0, 0.05) is 31.5 Å². The van der Waals surface area contributed by atoms with Crippen LogP contribution in [0, 0.1) is 12.8 Å². The third-order valence-electron chi connectivity index (χ3n) is 4.69. The number of alkyl halides is 3. The topological polar surface area (TPSA) is 63.9 Å². The van der Waals surface area contributed by atoms with Crippen molar-refractivity contribution in [3.63, 3.8) is 0 Å². The molecule has 6 nitrogen and oxygen atoms in total. The number of hydrogen-bond donors (Lipinski definition) is 0. The average Bonchev–Trinajstić information content (AvgIpc) is 2.59. The molecular weight excluding hydrogens is 347 g/mol. The van der Waals surface area contributed by atoms with Crippen LogP contribution in [0.3, 0.4) is 0 Å². The molecule has 140 valence electrons. The number of rotatable bonds is 4. The molecule has 0 aromatic carbocycles. The maximum atomic E-state index is 12.6. The van der Waals surface area contributed by atoms with Crippen LogP contribution in [0.5, 0.6) is 0 Å². The first kappa shape index (κ1) is 18.5. The van der Waals surface area contributed by atoms with Gasteiger partial charge in [0.25, 0.3) is 5.56 Å². The normalized spacial score (nSPS) is 16.8. The lowest BCUT2D eigenvalue weighted by Gasteiger charge is -2.32. The smallest absolute Gasteiger partial charge is 0.299 e. The van der Waals surface area contributed by atoms with Crippen LogP contribution in [0.15, 0.2) is 29.6 Å². The molecule has 0 amide bonds. The molecule has 3 heterocycles. The van der Waals surface area contributed by atoms with Gasteiger partial charge in [0.1, 0.15) is 0 Å². The van der Waals surface area contributed by atoms with Crippen molar-refractivity contribution in [3.05, 3.63) is 52.2 Å². The van der Waals surface area contributed by atoms with Gasteiger partial charge in [-0.05, 0) is 38.8 Å². The Morgan fingerprint density at radius 2 is 1.85 bits per heavy atom. The van der Waals surface area contributed by atoms with Gasteiger partial charge < -0.3 is 0 Å². The molecule has 26 heavy (non-hydrogen) atoms. The highest BCUT2D eigenvalue weighted by Gasteiger charge is 2.33. The molecule has 2 aromatic heterocycles. The van der Waals surface area contributed by atoms with Gasteiger partial charge in [-0.25, -0.2) is 4.98 Å². The minimum absolute atomic E-state index is 0.241. The van der Waals surface area contributed by atoms with Crippen LogP contribution in [0.4, 0.5) is 13.2 Å². The van der Waals surface area contributed by atoms with Gasteiger partial charge in [-0.15, -0.1) is 0 Å². The number of piperidine rings is 1. The fraction of sp³-hybridized carbons (Fsp3) is 0.529. The Bertz CT molecular complexity index is 813. The quantitative estimate of drug-likeness (QED) is 0.830. The maximum absolute atomic E-state index is 12.6. The van der Waals surface area contributed by atoms with Crippen LogP contribution in [0.2, 0.25) is 0 Å². The minimum atomic E-state index is -4.60. The molecule has 1 saturated heterocycles. The molecule has 1 aliphatic rings. The number of hydrogen-bond acceptors (Lipinski definition) is 5. The summed E-state index contributed by atoms with van der Waals surface area (Å²) in [6, 6.07) is 0.561. The van der Waals surface area contributed by atoms with E-state index in [9.17, 15) is 18.0 Å². The van der Waals surface area contributed by atoms with E-state index in [-0.39, 0.29) is 5.92 Å². The summed E-state index contributed by atoms with van der Waals surface area (Å²) >= 11 is 0. The van der Waals surface area contributed by atoms with Gasteiger partial charge in [-0.1, -0.05) is 0 Å². The van der Waals surface area contributed by atoms with Crippen molar-refractivity contribution in [1.29, 1.82) is 0 Å². The highest BCUT2D eigenvalue weighted by atomic mass is 19.4. The van der Waals surface area contributed by atoms with Crippen LogP contribution in [0.1, 0.15) is 29.9 Å². The summed E-state index contributed by atoms with van der Waals surface area (Å²) in [5.41, 5.74) is 0.0592. The standard InChI is InChI=1S/C17H20F3N5O/c1-12-14(22-5-4-21-12)10-24-6-2-13(3-7-24)9-25-11-23-15(8-16(25)26)17(18,19)20/h4-5,8,11,13H,2-3,6-7,9-10H2,1H3. The second kappa shape index (κ2) is 7.53. The molecule has 3 rings (SSSR count). The van der Waals surface area contributed by atoms with E-state index in [4.69, 9.17) is 0 Å². The molecule has 1 aliphatic heterocycles. The second-order valence-electron chi connectivity index (χ2n) is 6.57. The Labute approximate surface area is 148 Å². The van der Waals surface area contributed by atoms with Gasteiger partial charge in [0.2, 0.25) is 0 Å². The summed E-state index contributed by atoms with van der Waals surface area (Å²) < 4.78 is 39.0. The molecule has 0 radical (unpaired) electrons. The number of nitrogens with zero attached hydrogens (tertiary/aromatic N) is 5. The van der Waals surface area contributed by atoms with Crippen LogP contribution >= 0.6 is 0 Å². The largest absolute Gasteiger partial charge is 0.433 e. The molecule has 0 bridgehead atoms. The molecule has 0 atom stereocenters. The molecule has 0 saturated carbocycles. The highest BCUT2D eigenvalue weighted by Crippen LogP contribution is 2.26. The van der Waals surface area contributed by atoms with Gasteiger partial charge in [-0.3, -0.25) is 24.2 Å². The zero-order valence-corrected chi connectivity index (χ0v) is 14.4. The summed E-state index contributed by atoms with van der Waals surface area (Å²) in [6.45, 7) is 4.75. The lowest BCUT2D eigenvalue weighted by molar-refractivity contribution is -0.141. The Morgan fingerprint density at radius 1 is 1.15 bits per heavy atom. The summed E-state index contributed by atoms with van der Waals surface area (Å²) in [6.07, 6.45) is 1.49. The molecule has 2 aromatic rings. The number of aryl methyl sites for hydroxylation is 1. The monoisotopic (exact) mass is 367 g/mol. The second-order valence-corrected chi connectivity index (χ2v) is 6.57. The van der Waals surface area contributed by atoms with Crippen molar-refractivity contribution in [3.8, 4) is 0 Å². The molecule has 0 N–H and O–H groups in total. The highest BCUT2D eigenvalue weighted by molar-refractivity contribution is 5.08. The predicted molar refractivity (Wildman–Crippen MR) is 88.3 cm³/mol. The number of likely N-dealkylation sites (tertiary alicyclic amines) is 1. The van der Waals surface area contributed by atoms with E-state index in [1.54, 1.807) is 12.4 Å². The van der Waals surface area contributed by atoms with Crippen LogP contribution in [0.25, 0.3) is 0 Å². The van der Waals surface area contributed by atoms with Crippen molar-refractivity contribution < 1.29 is 13.2 Å². The van der Waals surface area contributed by atoms with Crippen molar-refractivity contribution in [2.45, 2.75) is 39.0 Å². The summed E-state index contributed by atoms with van der Waals surface area (Å²) in [7, 11) is 0. The van der Waals surface area contributed by atoms with E-state index in [2.05, 4.69) is 19.9 Å². The predicted octanol–water partition coefficient (Wildman–Crippen LogP) is 2.27. The van der Waals surface area contributed by atoms with Gasteiger partial charge >= 0.3 is 6.18 Å². The lowest BCUT2D eigenvalue weighted by Crippen LogP contribution is -2.36. The Hall–Kier alpha value is -2.29. The zero-order valence-electron chi connectivity index (χ0n) is 14.4. The van der Waals surface area contributed by atoms with Crippen molar-refractivity contribution >= 4 is 0 Å². The Morgan fingerprint density at radius 3 is 2.46 bits per heavy atom. The molecule has 9 heteroatoms. The molecule has 1 fully saturated rings. The minimum Gasteiger partial charge on any atom is -0.299 e. The first-order valence-electron chi connectivity index (χ1n) is 8.45. The van der Waals surface area contributed by atoms with E-state index in [1.165, 1.54) is 4.57 Å². The molecule has 0 spiro atoms. The van der Waals surface area contributed by atoms with Gasteiger partial charge in [-0.2, -0.15) is 13.2 Å². The van der Waals surface area contributed by atoms with Crippen LogP contribution < -0.4 is 5.56 Å². The third kappa shape index (κ3) is 4.46. The number of halogens is 3. The molecule has 0 unspecified atom stereocenters. The summed E-state index contributed by atoms with van der Waals surface area (Å²) in [5, 5.41) is 0. The molecular formula is C17H20F3N5O. The summed E-state index contributed by atoms with van der Waals surface area (Å²) in [4.78, 5) is 26.1. The Kier molecular flexibility index (Phi) is 5.36. The summed E-state index contributed by atoms with van der Waals surface area (Å²) in [5.74, 6) is 0.241. The third-order valence-corrected chi connectivity index (χ3v) is 4.69. The van der Waals surface area contributed by atoms with Crippen molar-refractivity contribution in [2.75, 3.05) is 13.1 Å². The fourth-order valence-electron chi connectivity index (χ4n) is 3.13. The van der Waals surface area contributed by atoms with Crippen LogP contribution in [-0.2, 0) is 19.3 Å². The van der Waals surface area contributed by atoms with Gasteiger partial charge in [0.15, 0.2) is 5.69 Å².